The van der Waals surface area contributed by atoms with Gasteiger partial charge >= 0.3 is 0 Å². The summed E-state index contributed by atoms with van der Waals surface area (Å²) in [5.41, 5.74) is 0.931. The van der Waals surface area contributed by atoms with E-state index in [4.69, 9.17) is 0 Å². The van der Waals surface area contributed by atoms with Crippen LogP contribution >= 0.6 is 0 Å². The molecular weight excluding hydrogens is 156 g/mol. The predicted molar refractivity (Wildman–Crippen MR) is 43.2 cm³/mol. The molecule has 66 valence electrons. The molecule has 0 aliphatic heterocycles. The lowest BCUT2D eigenvalue weighted by molar-refractivity contribution is -0.119. The van der Waals surface area contributed by atoms with Gasteiger partial charge in [-0.15, -0.1) is 5.10 Å². The molecule has 1 N–H and O–H groups in total. The molecule has 1 aromatic heterocycles. The first-order valence-electron chi connectivity index (χ1n) is 3.86. The van der Waals surface area contributed by atoms with Gasteiger partial charge in [0, 0.05) is 6.92 Å². The van der Waals surface area contributed by atoms with E-state index >= 15 is 0 Å². The molecule has 0 atom stereocenters. The summed E-state index contributed by atoms with van der Waals surface area (Å²) in [6, 6.07) is 0. The Kier molecular flexibility index (Phi) is 2.79. The number of rotatable bonds is 3. The van der Waals surface area contributed by atoms with Gasteiger partial charge in [0.1, 0.15) is 6.67 Å². The maximum Gasteiger partial charge on any atom is 0.218 e. The van der Waals surface area contributed by atoms with Crippen molar-refractivity contribution in [2.45, 2.75) is 26.9 Å². The molecule has 5 heteroatoms. The van der Waals surface area contributed by atoms with Gasteiger partial charge in [0.15, 0.2) is 0 Å². The summed E-state index contributed by atoms with van der Waals surface area (Å²) >= 11 is 0. The summed E-state index contributed by atoms with van der Waals surface area (Å²) in [4.78, 5) is 10.5. The van der Waals surface area contributed by atoms with Crippen LogP contribution in [0, 0.1) is 0 Å². The fourth-order valence-electron chi connectivity index (χ4n) is 0.770. The number of nitrogens with zero attached hydrogens (tertiary/aromatic N) is 3. The first kappa shape index (κ1) is 8.70. The zero-order valence-electron chi connectivity index (χ0n) is 7.24. The Balaban J connectivity index is 2.47. The third-order valence-corrected chi connectivity index (χ3v) is 1.44. The number of aryl methyl sites for hydroxylation is 1. The highest BCUT2D eigenvalue weighted by molar-refractivity contribution is 5.72. The molecule has 0 aliphatic carbocycles. The molecule has 0 radical (unpaired) electrons. The smallest absolute Gasteiger partial charge is 0.218 e. The van der Waals surface area contributed by atoms with Gasteiger partial charge < -0.3 is 5.32 Å². The standard InChI is InChI=1S/C7H12N4O/c1-3-7-4-11(10-9-7)5-8-6(2)12/h4H,3,5H2,1-2H3,(H,8,12). The second-order valence-corrected chi connectivity index (χ2v) is 2.49. The van der Waals surface area contributed by atoms with Crippen molar-refractivity contribution >= 4 is 5.91 Å². The molecule has 0 saturated heterocycles. The minimum Gasteiger partial charge on any atom is -0.337 e. The molecular formula is C7H12N4O. The van der Waals surface area contributed by atoms with Crippen LogP contribution in [0.2, 0.25) is 0 Å². The van der Waals surface area contributed by atoms with E-state index < -0.39 is 0 Å². The summed E-state index contributed by atoms with van der Waals surface area (Å²) in [5, 5.41) is 10.3. The topological polar surface area (TPSA) is 59.8 Å². The van der Waals surface area contributed by atoms with Gasteiger partial charge in [-0.1, -0.05) is 12.1 Å². The molecule has 0 aromatic carbocycles. The highest BCUT2D eigenvalue weighted by Crippen LogP contribution is 1.91. The SMILES string of the molecule is CCc1cn(CNC(C)=O)nn1. The molecule has 1 aromatic rings. The van der Waals surface area contributed by atoms with E-state index in [0.717, 1.165) is 12.1 Å². The van der Waals surface area contributed by atoms with Crippen molar-refractivity contribution in [3.63, 3.8) is 0 Å². The summed E-state index contributed by atoms with van der Waals surface area (Å²) in [6.07, 6.45) is 2.68. The number of nitrogens with one attached hydrogen (secondary N) is 1. The summed E-state index contributed by atoms with van der Waals surface area (Å²) in [7, 11) is 0. The summed E-state index contributed by atoms with van der Waals surface area (Å²) < 4.78 is 1.60. The van der Waals surface area contributed by atoms with Crippen LogP contribution in [-0.2, 0) is 17.9 Å². The van der Waals surface area contributed by atoms with E-state index in [0.29, 0.717) is 6.67 Å². The molecule has 0 bridgehead atoms. The zero-order chi connectivity index (χ0) is 8.97. The van der Waals surface area contributed by atoms with Crippen LogP contribution < -0.4 is 5.32 Å². The third kappa shape index (κ3) is 2.34. The molecule has 0 fully saturated rings. The Hall–Kier alpha value is -1.39. The van der Waals surface area contributed by atoms with E-state index in [-0.39, 0.29) is 5.91 Å². The quantitative estimate of drug-likeness (QED) is 0.687. The zero-order valence-corrected chi connectivity index (χ0v) is 7.24. The molecule has 0 saturated carbocycles. The average molecular weight is 168 g/mol. The molecule has 1 rings (SSSR count). The number of hydrogen-bond acceptors (Lipinski definition) is 3. The highest BCUT2D eigenvalue weighted by atomic mass is 16.1. The monoisotopic (exact) mass is 168 g/mol. The van der Waals surface area contributed by atoms with Crippen molar-refractivity contribution in [1.82, 2.24) is 20.3 Å². The van der Waals surface area contributed by atoms with Gasteiger partial charge in [0.2, 0.25) is 5.91 Å². The van der Waals surface area contributed by atoms with Crippen LogP contribution in [-0.4, -0.2) is 20.9 Å². The average Bonchev–Trinajstić information content (AvgIpc) is 2.48. The van der Waals surface area contributed by atoms with Crippen molar-refractivity contribution in [3.8, 4) is 0 Å². The van der Waals surface area contributed by atoms with E-state index in [1.807, 2.05) is 13.1 Å². The maximum absolute atomic E-state index is 10.5. The van der Waals surface area contributed by atoms with E-state index in [1.165, 1.54) is 6.92 Å². The normalized spacial score (nSPS) is 9.83. The number of amides is 1. The van der Waals surface area contributed by atoms with Gasteiger partial charge in [0.05, 0.1) is 11.9 Å². The Bertz CT molecular complexity index is 268. The van der Waals surface area contributed by atoms with Crippen molar-refractivity contribution < 1.29 is 4.79 Å². The predicted octanol–water partition coefficient (Wildman–Crippen LogP) is -0.0659. The Morgan fingerprint density at radius 2 is 2.50 bits per heavy atom. The lowest BCUT2D eigenvalue weighted by Gasteiger charge is -1.98. The molecule has 0 unspecified atom stereocenters. The Morgan fingerprint density at radius 1 is 1.75 bits per heavy atom. The van der Waals surface area contributed by atoms with Crippen LogP contribution in [0.25, 0.3) is 0 Å². The van der Waals surface area contributed by atoms with Crippen molar-refractivity contribution in [3.05, 3.63) is 11.9 Å². The lowest BCUT2D eigenvalue weighted by atomic mass is 10.4. The Morgan fingerprint density at radius 3 is 3.00 bits per heavy atom. The molecule has 1 amide bonds. The molecule has 0 spiro atoms. The van der Waals surface area contributed by atoms with E-state index in [1.54, 1.807) is 4.68 Å². The largest absolute Gasteiger partial charge is 0.337 e. The van der Waals surface area contributed by atoms with Crippen LogP contribution in [0.5, 0.6) is 0 Å². The van der Waals surface area contributed by atoms with Gasteiger partial charge in [0.25, 0.3) is 0 Å². The van der Waals surface area contributed by atoms with Crippen LogP contribution in [0.4, 0.5) is 0 Å². The van der Waals surface area contributed by atoms with Gasteiger partial charge in [-0.3, -0.25) is 4.79 Å². The highest BCUT2D eigenvalue weighted by Gasteiger charge is 1.97. The van der Waals surface area contributed by atoms with Crippen molar-refractivity contribution in [2.24, 2.45) is 0 Å². The third-order valence-electron chi connectivity index (χ3n) is 1.44. The minimum atomic E-state index is -0.0662. The summed E-state index contributed by atoms with van der Waals surface area (Å²) in [5.74, 6) is -0.0662. The first-order chi connectivity index (χ1) is 5.72. The fraction of sp³-hybridized carbons (Fsp3) is 0.571. The van der Waals surface area contributed by atoms with Gasteiger partial charge in [-0.2, -0.15) is 0 Å². The fourth-order valence-corrected chi connectivity index (χ4v) is 0.770. The Labute approximate surface area is 70.8 Å². The maximum atomic E-state index is 10.5. The van der Waals surface area contributed by atoms with Gasteiger partial charge in [-0.05, 0) is 6.42 Å². The second-order valence-electron chi connectivity index (χ2n) is 2.49. The molecule has 0 aliphatic rings. The van der Waals surface area contributed by atoms with E-state index in [2.05, 4.69) is 15.6 Å². The molecule has 12 heavy (non-hydrogen) atoms. The molecule has 5 nitrogen and oxygen atoms in total. The second kappa shape index (κ2) is 3.85. The van der Waals surface area contributed by atoms with Gasteiger partial charge in [-0.25, -0.2) is 4.68 Å². The van der Waals surface area contributed by atoms with Crippen LogP contribution in [0.3, 0.4) is 0 Å². The van der Waals surface area contributed by atoms with Crippen molar-refractivity contribution in [2.75, 3.05) is 0 Å². The lowest BCUT2D eigenvalue weighted by Crippen LogP contribution is -2.23. The number of aromatic nitrogens is 3. The molecule has 1 heterocycles. The summed E-state index contributed by atoms with van der Waals surface area (Å²) in [6.45, 7) is 3.87. The number of hydrogen-bond donors (Lipinski definition) is 1. The van der Waals surface area contributed by atoms with E-state index in [9.17, 15) is 4.79 Å². The minimum absolute atomic E-state index is 0.0662. The number of carbonyl (C=O) groups excluding carboxylic acids is 1. The van der Waals surface area contributed by atoms with Crippen LogP contribution in [0.1, 0.15) is 19.5 Å². The first-order valence-corrected chi connectivity index (χ1v) is 3.86. The van der Waals surface area contributed by atoms with Crippen molar-refractivity contribution in [1.29, 1.82) is 0 Å². The number of carbonyl (C=O) groups is 1. The van der Waals surface area contributed by atoms with Crippen LogP contribution in [0.15, 0.2) is 6.20 Å².